The van der Waals surface area contributed by atoms with E-state index in [1.54, 1.807) is 0 Å². The van der Waals surface area contributed by atoms with E-state index < -0.39 is 23.2 Å². The second kappa shape index (κ2) is 6.61. The number of hydrogen-bond acceptors (Lipinski definition) is 3. The van der Waals surface area contributed by atoms with E-state index in [1.165, 1.54) is 0 Å². The molecule has 1 aliphatic carbocycles. The molecule has 0 unspecified atom stereocenters. The third-order valence-electron chi connectivity index (χ3n) is 4.49. The van der Waals surface area contributed by atoms with Crippen LogP contribution in [0.5, 0.6) is 0 Å². The highest BCUT2D eigenvalue weighted by molar-refractivity contribution is 5.87. The average Bonchev–Trinajstić information content (AvgIpc) is 3.39. The van der Waals surface area contributed by atoms with Crippen molar-refractivity contribution < 1.29 is 18.7 Å². The average molecular weight is 342 g/mol. The van der Waals surface area contributed by atoms with Crippen LogP contribution >= 0.6 is 0 Å². The van der Waals surface area contributed by atoms with E-state index in [2.05, 4.69) is 11.4 Å². The van der Waals surface area contributed by atoms with Crippen molar-refractivity contribution in [2.45, 2.75) is 31.3 Å². The quantitative estimate of drug-likeness (QED) is 0.843. The number of aromatic carboxylic acids is 1. The summed E-state index contributed by atoms with van der Waals surface area (Å²) in [5.74, 6) is -3.14. The number of nitrogens with zero attached hydrogens (tertiary/aromatic N) is 1. The Kier molecular flexibility index (Phi) is 4.51. The molecule has 0 aromatic heterocycles. The molecule has 6 heteroatoms. The minimum atomic E-state index is -1.37. The summed E-state index contributed by atoms with van der Waals surface area (Å²) in [6.45, 7) is 0.348. The minimum Gasteiger partial charge on any atom is -0.478 e. The molecule has 0 heterocycles. The van der Waals surface area contributed by atoms with Gasteiger partial charge in [0.05, 0.1) is 17.0 Å². The Hall–Kier alpha value is -2.78. The second-order valence-electron chi connectivity index (χ2n) is 6.22. The SMILES string of the molecule is N#CC1(c2ccc(CNCc3c(F)cc(C(=O)O)cc3F)cc2)CC1. The molecule has 25 heavy (non-hydrogen) atoms. The number of nitrogens with one attached hydrogen (secondary N) is 1. The van der Waals surface area contributed by atoms with Crippen LogP contribution in [0.3, 0.4) is 0 Å². The Morgan fingerprint density at radius 1 is 1.16 bits per heavy atom. The summed E-state index contributed by atoms with van der Waals surface area (Å²) in [6, 6.07) is 11.6. The molecule has 4 nitrogen and oxygen atoms in total. The topological polar surface area (TPSA) is 73.1 Å². The predicted molar refractivity (Wildman–Crippen MR) is 86.8 cm³/mol. The first-order valence-electron chi connectivity index (χ1n) is 7.88. The zero-order chi connectivity index (χ0) is 18.0. The Labute approximate surface area is 143 Å². The van der Waals surface area contributed by atoms with Crippen molar-refractivity contribution in [2.75, 3.05) is 0 Å². The summed E-state index contributed by atoms with van der Waals surface area (Å²) in [6.07, 6.45) is 1.76. The maximum atomic E-state index is 13.9. The lowest BCUT2D eigenvalue weighted by molar-refractivity contribution is 0.0695. The van der Waals surface area contributed by atoms with Crippen LogP contribution in [-0.4, -0.2) is 11.1 Å². The monoisotopic (exact) mass is 342 g/mol. The summed E-state index contributed by atoms with van der Waals surface area (Å²) < 4.78 is 27.7. The summed E-state index contributed by atoms with van der Waals surface area (Å²) in [5.41, 5.74) is 0.994. The predicted octanol–water partition coefficient (Wildman–Crippen LogP) is 3.51. The number of halogens is 2. The summed E-state index contributed by atoms with van der Waals surface area (Å²) in [7, 11) is 0. The van der Waals surface area contributed by atoms with E-state index in [0.29, 0.717) is 6.54 Å². The number of nitriles is 1. The van der Waals surface area contributed by atoms with Gasteiger partial charge in [-0.15, -0.1) is 0 Å². The zero-order valence-electron chi connectivity index (χ0n) is 13.4. The van der Waals surface area contributed by atoms with Gasteiger partial charge in [0.2, 0.25) is 0 Å². The van der Waals surface area contributed by atoms with Gasteiger partial charge in [0, 0.05) is 18.7 Å². The van der Waals surface area contributed by atoms with Crippen LogP contribution < -0.4 is 5.32 Å². The number of rotatable bonds is 6. The molecule has 3 rings (SSSR count). The maximum Gasteiger partial charge on any atom is 0.335 e. The lowest BCUT2D eigenvalue weighted by Crippen LogP contribution is -2.16. The fraction of sp³-hybridized carbons (Fsp3) is 0.263. The highest BCUT2D eigenvalue weighted by Crippen LogP contribution is 2.47. The maximum absolute atomic E-state index is 13.9. The zero-order valence-corrected chi connectivity index (χ0v) is 13.4. The molecule has 2 aromatic carbocycles. The molecular weight excluding hydrogens is 326 g/mol. The lowest BCUT2D eigenvalue weighted by atomic mass is 9.97. The van der Waals surface area contributed by atoms with E-state index in [-0.39, 0.29) is 17.5 Å². The highest BCUT2D eigenvalue weighted by Gasteiger charge is 2.44. The van der Waals surface area contributed by atoms with Crippen LogP contribution in [0.4, 0.5) is 8.78 Å². The number of benzene rings is 2. The second-order valence-corrected chi connectivity index (χ2v) is 6.22. The molecule has 2 aromatic rings. The number of carbonyl (C=O) groups is 1. The van der Waals surface area contributed by atoms with E-state index in [4.69, 9.17) is 5.11 Å². The van der Waals surface area contributed by atoms with Gasteiger partial charge in [-0.2, -0.15) is 5.26 Å². The van der Waals surface area contributed by atoms with E-state index in [1.807, 2.05) is 24.3 Å². The number of carboxylic acid groups (broad SMARTS) is 1. The minimum absolute atomic E-state index is 0.0541. The van der Waals surface area contributed by atoms with Crippen molar-refractivity contribution in [1.29, 1.82) is 5.26 Å². The van der Waals surface area contributed by atoms with Crippen molar-refractivity contribution in [1.82, 2.24) is 5.32 Å². The molecule has 2 N–H and O–H groups in total. The fourth-order valence-electron chi connectivity index (χ4n) is 2.76. The molecule has 0 aliphatic heterocycles. The normalized spacial score (nSPS) is 14.8. The third kappa shape index (κ3) is 3.52. The van der Waals surface area contributed by atoms with Gasteiger partial charge in [0.25, 0.3) is 0 Å². The van der Waals surface area contributed by atoms with Gasteiger partial charge in [0.1, 0.15) is 11.6 Å². The smallest absolute Gasteiger partial charge is 0.335 e. The van der Waals surface area contributed by atoms with Crippen LogP contribution in [-0.2, 0) is 18.5 Å². The van der Waals surface area contributed by atoms with Crippen LogP contribution in [0, 0.1) is 23.0 Å². The lowest BCUT2D eigenvalue weighted by Gasteiger charge is -2.10. The standard InChI is InChI=1S/C19H16F2N2O2/c20-16-7-13(18(24)25)8-17(21)15(16)10-23-9-12-1-3-14(4-2-12)19(11-22)5-6-19/h1-4,7-8,23H,5-6,9-10H2,(H,24,25). The van der Waals surface area contributed by atoms with Gasteiger partial charge in [-0.3, -0.25) is 0 Å². The van der Waals surface area contributed by atoms with Crippen molar-refractivity contribution in [3.05, 3.63) is 70.3 Å². The fourth-order valence-corrected chi connectivity index (χ4v) is 2.76. The molecule has 0 amide bonds. The van der Waals surface area contributed by atoms with Gasteiger partial charge in [-0.05, 0) is 36.1 Å². The summed E-state index contributed by atoms with van der Waals surface area (Å²) in [4.78, 5) is 10.8. The Bertz CT molecular complexity index is 830. The van der Waals surface area contributed by atoms with Crippen LogP contribution in [0.15, 0.2) is 36.4 Å². The van der Waals surface area contributed by atoms with Crippen molar-refractivity contribution in [3.8, 4) is 6.07 Å². The van der Waals surface area contributed by atoms with E-state index >= 15 is 0 Å². The van der Waals surface area contributed by atoms with Crippen molar-refractivity contribution >= 4 is 5.97 Å². The Balaban J connectivity index is 1.62. The first-order valence-corrected chi connectivity index (χ1v) is 7.88. The summed E-state index contributed by atoms with van der Waals surface area (Å²) in [5, 5.41) is 20.9. The molecule has 128 valence electrons. The third-order valence-corrected chi connectivity index (χ3v) is 4.49. The molecule has 0 bridgehead atoms. The number of hydrogen-bond donors (Lipinski definition) is 2. The van der Waals surface area contributed by atoms with Crippen molar-refractivity contribution in [3.63, 3.8) is 0 Å². The van der Waals surface area contributed by atoms with Crippen molar-refractivity contribution in [2.24, 2.45) is 0 Å². The van der Waals surface area contributed by atoms with Crippen LogP contribution in [0.2, 0.25) is 0 Å². The van der Waals surface area contributed by atoms with Gasteiger partial charge in [0.15, 0.2) is 0 Å². The van der Waals surface area contributed by atoms with E-state index in [0.717, 1.165) is 36.1 Å². The Morgan fingerprint density at radius 2 is 1.76 bits per heavy atom. The molecule has 1 aliphatic rings. The molecule has 0 spiro atoms. The van der Waals surface area contributed by atoms with Crippen LogP contribution in [0.25, 0.3) is 0 Å². The Morgan fingerprint density at radius 3 is 2.24 bits per heavy atom. The molecular formula is C19H16F2N2O2. The van der Waals surface area contributed by atoms with Crippen LogP contribution in [0.1, 0.15) is 39.9 Å². The molecule has 1 saturated carbocycles. The molecule has 0 saturated heterocycles. The van der Waals surface area contributed by atoms with Gasteiger partial charge >= 0.3 is 5.97 Å². The molecule has 1 fully saturated rings. The first-order chi connectivity index (χ1) is 11.9. The highest BCUT2D eigenvalue weighted by atomic mass is 19.1. The number of carboxylic acids is 1. The van der Waals surface area contributed by atoms with Gasteiger partial charge in [-0.25, -0.2) is 13.6 Å². The van der Waals surface area contributed by atoms with Gasteiger partial charge in [-0.1, -0.05) is 24.3 Å². The largest absolute Gasteiger partial charge is 0.478 e. The van der Waals surface area contributed by atoms with E-state index in [9.17, 15) is 18.8 Å². The molecule has 0 atom stereocenters. The first kappa shape index (κ1) is 17.1. The summed E-state index contributed by atoms with van der Waals surface area (Å²) >= 11 is 0. The van der Waals surface area contributed by atoms with Gasteiger partial charge < -0.3 is 10.4 Å². The molecule has 0 radical (unpaired) electrons.